The number of fused-ring (bicyclic) bond motifs is 2. The van der Waals surface area contributed by atoms with E-state index < -0.39 is 5.97 Å². The summed E-state index contributed by atoms with van der Waals surface area (Å²) < 4.78 is 11.7. The summed E-state index contributed by atoms with van der Waals surface area (Å²) in [6, 6.07) is 15.5. The molecule has 0 fully saturated rings. The molecule has 316 valence electrons. The molecule has 0 aliphatic carbocycles. The molecule has 6 aromatic rings. The van der Waals surface area contributed by atoms with Crippen molar-refractivity contribution in [1.82, 2.24) is 9.97 Å². The topological polar surface area (TPSA) is 159 Å². The van der Waals surface area contributed by atoms with Crippen molar-refractivity contribution in [3.8, 4) is 32.4 Å². The van der Waals surface area contributed by atoms with Crippen LogP contribution in [0.4, 0.5) is 0 Å². The lowest BCUT2D eigenvalue weighted by Gasteiger charge is -2.10. The van der Waals surface area contributed by atoms with E-state index in [1.165, 1.54) is 40.1 Å². The van der Waals surface area contributed by atoms with Crippen LogP contribution in [0, 0.1) is 13.8 Å². The van der Waals surface area contributed by atoms with E-state index in [1.54, 1.807) is 37.3 Å². The smallest absolute Gasteiger partial charge is 0.328 e. The number of aryl methyl sites for hydroxylation is 2. The molecule has 6 heterocycles. The van der Waals surface area contributed by atoms with Crippen LogP contribution in [0.3, 0.4) is 0 Å². The highest BCUT2D eigenvalue weighted by Gasteiger charge is 2.27. The Morgan fingerprint density at radius 3 is 1.66 bits per heavy atom. The third kappa shape index (κ3) is 12.4. The van der Waals surface area contributed by atoms with Gasteiger partial charge in [0.05, 0.1) is 41.2 Å². The Balaban J connectivity index is 0.000000172. The second-order valence-corrected chi connectivity index (χ2v) is 19.2. The Kier molecular flexibility index (Phi) is 15.6. The van der Waals surface area contributed by atoms with Crippen molar-refractivity contribution in [2.45, 2.75) is 65.6 Å². The number of carboxylic acid groups (broad SMARTS) is 1. The lowest BCUT2D eigenvalue weighted by Crippen LogP contribution is -2.24. The van der Waals surface area contributed by atoms with Gasteiger partial charge in [0.2, 0.25) is 0 Å². The van der Waals surface area contributed by atoms with Crippen molar-refractivity contribution in [1.29, 1.82) is 0 Å². The number of allylic oxidation sites excluding steroid dienone is 1. The number of nitrogens with two attached hydrogens (primary N) is 1. The van der Waals surface area contributed by atoms with Crippen molar-refractivity contribution in [2.24, 2.45) is 5.73 Å². The van der Waals surface area contributed by atoms with Crippen molar-refractivity contribution >= 4 is 104 Å². The highest BCUT2D eigenvalue weighted by Crippen LogP contribution is 2.43. The fourth-order valence-electron chi connectivity index (χ4n) is 6.35. The first-order valence-corrected chi connectivity index (χ1v) is 23.2. The van der Waals surface area contributed by atoms with Gasteiger partial charge in [0.1, 0.15) is 23.7 Å². The highest BCUT2D eigenvalue weighted by molar-refractivity contribution is 7.17. The minimum atomic E-state index is -0.948. The maximum Gasteiger partial charge on any atom is 0.328 e. The lowest BCUT2D eigenvalue weighted by atomic mass is 10.0. The van der Waals surface area contributed by atoms with Crippen LogP contribution in [0.25, 0.3) is 33.0 Å². The van der Waals surface area contributed by atoms with Gasteiger partial charge in [0, 0.05) is 63.5 Å². The number of thiophene rings is 2. The van der Waals surface area contributed by atoms with Gasteiger partial charge in [-0.1, -0.05) is 23.2 Å². The maximum absolute atomic E-state index is 12.2. The first-order chi connectivity index (χ1) is 29.1. The van der Waals surface area contributed by atoms with Gasteiger partial charge in [-0.2, -0.15) is 0 Å². The van der Waals surface area contributed by atoms with Crippen LogP contribution in [0.5, 0.6) is 11.5 Å². The number of carbonyl (C=O) groups excluding carboxylic acids is 3. The number of ether oxygens (including phenoxy) is 2. The third-order valence-corrected chi connectivity index (χ3v) is 13.9. The van der Waals surface area contributed by atoms with Gasteiger partial charge in [0.15, 0.2) is 17.3 Å². The Morgan fingerprint density at radius 2 is 1.23 bits per heavy atom. The summed E-state index contributed by atoms with van der Waals surface area (Å²) in [5.74, 6) is 0.701. The molecule has 0 radical (unpaired) electrons. The number of aliphatic carboxylic acids is 1. The minimum absolute atomic E-state index is 0.00821. The molecular formula is C45H41Cl2N3O7S4. The summed E-state index contributed by atoms with van der Waals surface area (Å²) in [6.45, 7) is 7.44. The number of benzene rings is 2. The second kappa shape index (κ2) is 20.8. The van der Waals surface area contributed by atoms with E-state index in [4.69, 9.17) is 43.5 Å². The molecule has 0 saturated heterocycles. The van der Waals surface area contributed by atoms with Gasteiger partial charge in [-0.05, 0) is 112 Å². The number of thiazole rings is 2. The number of hydrogen-bond donors (Lipinski definition) is 2. The third-order valence-electron chi connectivity index (χ3n) is 9.27. The Labute approximate surface area is 379 Å². The number of carbonyl (C=O) groups is 4. The monoisotopic (exact) mass is 933 g/mol. The van der Waals surface area contributed by atoms with E-state index in [-0.39, 0.29) is 29.6 Å². The van der Waals surface area contributed by atoms with Gasteiger partial charge >= 0.3 is 5.97 Å². The second-order valence-electron chi connectivity index (χ2n) is 14.0. The molecule has 8 rings (SSSR count). The average molecular weight is 935 g/mol. The molecule has 0 saturated carbocycles. The Morgan fingerprint density at radius 1 is 0.754 bits per heavy atom. The van der Waals surface area contributed by atoms with Gasteiger partial charge in [-0.3, -0.25) is 14.4 Å². The first kappa shape index (κ1) is 45.7. The van der Waals surface area contributed by atoms with Crippen molar-refractivity contribution < 1.29 is 33.8 Å². The number of hydrogen-bond acceptors (Lipinski definition) is 13. The molecule has 0 amide bonds. The van der Waals surface area contributed by atoms with E-state index in [0.29, 0.717) is 40.9 Å². The van der Waals surface area contributed by atoms with Crippen molar-refractivity contribution in [3.05, 3.63) is 124 Å². The van der Waals surface area contributed by atoms with Gasteiger partial charge in [-0.15, -0.1) is 45.3 Å². The van der Waals surface area contributed by atoms with Crippen LogP contribution in [0.2, 0.25) is 10.0 Å². The Bertz CT molecular complexity index is 2640. The molecule has 2 aliphatic heterocycles. The van der Waals surface area contributed by atoms with Crippen LogP contribution < -0.4 is 15.2 Å². The first-order valence-electron chi connectivity index (χ1n) is 19.0. The zero-order valence-electron chi connectivity index (χ0n) is 33.5. The lowest BCUT2D eigenvalue weighted by molar-refractivity contribution is -0.131. The number of carboxylic acids is 1. The van der Waals surface area contributed by atoms with E-state index in [9.17, 15) is 19.2 Å². The molecule has 16 heteroatoms. The molecule has 4 aromatic heterocycles. The van der Waals surface area contributed by atoms with E-state index in [0.717, 1.165) is 82.1 Å². The predicted molar refractivity (Wildman–Crippen MR) is 248 cm³/mol. The largest absolute Gasteiger partial charge is 0.488 e. The van der Waals surface area contributed by atoms with E-state index in [1.807, 2.05) is 61.0 Å². The van der Waals surface area contributed by atoms with Crippen LogP contribution >= 0.6 is 68.5 Å². The summed E-state index contributed by atoms with van der Waals surface area (Å²) in [5, 5.41) is 15.1. The number of ketones is 3. The summed E-state index contributed by atoms with van der Waals surface area (Å²) in [5.41, 5.74) is 11.3. The van der Waals surface area contributed by atoms with Crippen LogP contribution in [0.1, 0.15) is 78.6 Å². The normalized spacial score (nSPS) is 15.0. The van der Waals surface area contributed by atoms with Gasteiger partial charge in [0.25, 0.3) is 0 Å². The maximum atomic E-state index is 12.2. The number of nitrogens with zero attached hydrogens (tertiary/aromatic N) is 2. The number of aromatic nitrogens is 2. The zero-order valence-corrected chi connectivity index (χ0v) is 38.3. The van der Waals surface area contributed by atoms with E-state index >= 15 is 0 Å². The molecule has 3 N–H and O–H groups in total. The van der Waals surface area contributed by atoms with Crippen LogP contribution in [-0.4, -0.2) is 57.1 Å². The predicted octanol–water partition coefficient (Wildman–Crippen LogP) is 11.5. The number of halogens is 2. The summed E-state index contributed by atoms with van der Waals surface area (Å²) in [6.07, 6.45) is 8.39. The molecular weight excluding hydrogens is 894 g/mol. The van der Waals surface area contributed by atoms with E-state index in [2.05, 4.69) is 22.1 Å². The highest BCUT2D eigenvalue weighted by atomic mass is 35.5. The van der Waals surface area contributed by atoms with Crippen LogP contribution in [-0.2, 0) is 22.4 Å². The average Bonchev–Trinajstić information content (AvgIpc) is 4.07. The zero-order chi connectivity index (χ0) is 43.8. The van der Waals surface area contributed by atoms with Crippen LogP contribution in [0.15, 0.2) is 71.4 Å². The van der Waals surface area contributed by atoms with Gasteiger partial charge < -0.3 is 20.3 Å². The fraction of sp³-hybridized carbons (Fsp3) is 0.244. The molecule has 0 bridgehead atoms. The Hall–Kier alpha value is -4.80. The minimum Gasteiger partial charge on any atom is -0.488 e. The van der Waals surface area contributed by atoms with Gasteiger partial charge in [-0.25, -0.2) is 14.8 Å². The van der Waals surface area contributed by atoms with Crippen molar-refractivity contribution in [3.63, 3.8) is 0 Å². The SMILES string of the molecule is CC(=O)c1ccc(-c2cc(Cl)c3c(c2)CC(CCC(=O)/C=C/c2csc(C)n2)O3)s1.CC(=O)c1ccc(-c2cc(Cl)c3c(c2)CC(CN)O3)s1.Cc1nc(/C=C/C(=O)O)cs1. The molecule has 2 unspecified atom stereocenters. The molecule has 0 spiro atoms. The molecule has 2 aliphatic rings. The number of Topliss-reactive ketones (excluding diaryl/α,β-unsaturated/α-hetero) is 2. The molecule has 10 nitrogen and oxygen atoms in total. The molecule has 2 aromatic carbocycles. The standard InChI is InChI=1S/C23H20ClNO3S2.C15H14ClNO2S.C7H7NO2S/c1-13(26)21-7-8-22(30-21)15-9-16-10-19(28-23(16)20(24)11-15)6-5-18(27)4-3-17-12-29-14(2)25-17;1-8(18)13-2-3-14(20-13)9-4-10-5-11(7-17)19-15(10)12(16)6-9;1-5-8-6(4-11-5)2-3-7(9)10/h3-4,7-9,11-12,19H,5-6,10H2,1-2H3;2-4,6,11H,5,7,17H2,1H3;2-4H,1H3,(H,9,10)/b4-3+;;3-2+. The summed E-state index contributed by atoms with van der Waals surface area (Å²) >= 11 is 18.8. The molecule has 61 heavy (non-hydrogen) atoms. The number of rotatable bonds is 12. The quantitative estimate of drug-likeness (QED) is 0.0893. The summed E-state index contributed by atoms with van der Waals surface area (Å²) in [7, 11) is 0. The van der Waals surface area contributed by atoms with Crippen molar-refractivity contribution in [2.75, 3.05) is 6.54 Å². The summed E-state index contributed by atoms with van der Waals surface area (Å²) in [4.78, 5) is 57.1. The fourth-order valence-corrected chi connectivity index (χ4v) is 9.86. The molecule has 2 atom stereocenters.